The quantitative estimate of drug-likeness (QED) is 0.113. The zero-order valence-corrected chi connectivity index (χ0v) is 20.2. The van der Waals surface area contributed by atoms with Crippen molar-refractivity contribution in [1.82, 2.24) is 0 Å². The summed E-state index contributed by atoms with van der Waals surface area (Å²) in [6.07, 6.45) is 0. The molecule has 0 aliphatic carbocycles. The lowest BCUT2D eigenvalue weighted by atomic mass is 10.3. The molecule has 0 aromatic carbocycles. The molecule has 0 bridgehead atoms. The van der Waals surface area contributed by atoms with E-state index in [4.69, 9.17) is 75.4 Å². The van der Waals surface area contributed by atoms with Gasteiger partial charge in [0.1, 0.15) is 0 Å². The van der Waals surface area contributed by atoms with Crippen LogP contribution < -0.4 is 0 Å². The van der Waals surface area contributed by atoms with E-state index in [1.807, 2.05) is 0 Å². The second-order valence-corrected chi connectivity index (χ2v) is 1.73. The van der Waals surface area contributed by atoms with Crippen LogP contribution in [0.3, 0.4) is 0 Å². The number of hydrogen-bond donors (Lipinski definition) is 15. The Bertz CT molecular complexity index is 92.9. The first-order valence-electron chi connectivity index (χ1n) is 3.87. The van der Waals surface area contributed by atoms with Crippen molar-refractivity contribution in [3.63, 3.8) is 0 Å². The molecule has 5 atom stereocenters. The van der Waals surface area contributed by atoms with Crippen LogP contribution in [-0.4, -0.2) is 112 Å². The van der Waals surface area contributed by atoms with E-state index >= 15 is 0 Å². The lowest BCUT2D eigenvalue weighted by Crippen LogP contribution is -2.07. The summed E-state index contributed by atoms with van der Waals surface area (Å²) in [7, 11) is -10.8. The number of rotatable bonds is 0. The largest absolute Gasteiger partial charge is 0.631 e. The molecule has 5 unspecified atom stereocenters. The second kappa shape index (κ2) is 56.2. The molecule has 0 saturated carbocycles. The third-order valence-corrected chi connectivity index (χ3v) is 0. The van der Waals surface area contributed by atoms with Gasteiger partial charge in [0, 0.05) is 0 Å². The minimum Gasteiger partial charge on any atom is -0.402 e. The lowest BCUT2D eigenvalue weighted by Gasteiger charge is -1.69. The van der Waals surface area contributed by atoms with E-state index in [9.17, 15) is 0 Å². The third-order valence-electron chi connectivity index (χ3n) is 0. The van der Waals surface area contributed by atoms with Crippen molar-refractivity contribution in [1.29, 1.82) is 0 Å². The summed E-state index contributed by atoms with van der Waals surface area (Å²) in [5.41, 5.74) is 0. The second-order valence-electron chi connectivity index (χ2n) is 1.73. The Hall–Kier alpha value is 1.87. The van der Waals surface area contributed by atoms with E-state index in [1.54, 1.807) is 0 Å². The van der Waals surface area contributed by atoms with E-state index < -0.39 is 36.6 Å². The molecule has 0 aliphatic heterocycles. The molecule has 25 heteroatoms. The molecule has 0 rings (SSSR count). The predicted octanol–water partition coefficient (Wildman–Crippen LogP) is -9.97. The van der Waals surface area contributed by atoms with Crippen molar-refractivity contribution in [3.05, 3.63) is 0 Å². The van der Waals surface area contributed by atoms with E-state index in [0.29, 0.717) is 0 Å². The third kappa shape index (κ3) is 4200. The molecule has 25 heavy (non-hydrogen) atoms. The van der Waals surface area contributed by atoms with Crippen molar-refractivity contribution in [3.8, 4) is 0 Å². The molecule has 0 fully saturated rings. The highest BCUT2D eigenvalue weighted by Crippen LogP contribution is 1.41. The van der Waals surface area contributed by atoms with Crippen LogP contribution in [0.4, 0.5) is 0 Å². The van der Waals surface area contributed by atoms with Crippen LogP contribution >= 0.6 is 49.5 Å². The normalized spacial score (nSPS) is 5.40. The summed E-state index contributed by atoms with van der Waals surface area (Å²) in [5, 5.41) is 108. The van der Waals surface area contributed by atoms with E-state index in [-0.39, 0.29) is 49.5 Å². The molecule has 0 aromatic heterocycles. The predicted molar refractivity (Wildman–Crippen MR) is 118 cm³/mol. The van der Waals surface area contributed by atoms with Crippen molar-refractivity contribution in [2.45, 2.75) is 0 Å². The monoisotopic (exact) mass is 480 g/mol. The summed E-state index contributed by atoms with van der Waals surface area (Å²) < 4.78 is 0. The van der Waals surface area contributed by atoms with Gasteiger partial charge >= 0.3 is 36.6 Å². The zero-order chi connectivity index (χ0) is 17.9. The van der Waals surface area contributed by atoms with Gasteiger partial charge in [-0.1, -0.05) is 0 Å². The smallest absolute Gasteiger partial charge is 0.402 e. The van der Waals surface area contributed by atoms with Gasteiger partial charge in [0.25, 0.3) is 0 Å². The first-order chi connectivity index (χ1) is 8.66. The Balaban J connectivity index is -0.0000000134. The van der Waals surface area contributed by atoms with Gasteiger partial charge in [0.2, 0.25) is 0 Å². The van der Waals surface area contributed by atoms with Crippen LogP contribution in [0.25, 0.3) is 0 Å². The Morgan fingerprint density at radius 1 is 0.200 bits per heavy atom. The maximum absolute atomic E-state index is 7.17. The average Bonchev–Trinajstić information content (AvgIpc) is 1.94. The Morgan fingerprint density at radius 3 is 0.200 bits per heavy atom. The van der Waals surface area contributed by atoms with Crippen LogP contribution in [0.2, 0.25) is 0 Å². The van der Waals surface area contributed by atoms with Gasteiger partial charge in [-0.2, -0.15) is 49.5 Å². The fourth-order valence-corrected chi connectivity index (χ4v) is 0. The molecule has 0 saturated heterocycles. The fourth-order valence-electron chi connectivity index (χ4n) is 0. The first-order valence-corrected chi connectivity index (χ1v) is 3.87. The van der Waals surface area contributed by atoms with Crippen molar-refractivity contribution < 1.29 is 75.4 Å². The van der Waals surface area contributed by atoms with Crippen molar-refractivity contribution >= 4 is 86.1 Å². The van der Waals surface area contributed by atoms with Gasteiger partial charge in [0.05, 0.1) is 0 Å². The SMILES string of the molecule is OB(O)O.OB(O)O.OB(O)O.OB(O)O.OB(O)O.P.P.P.P.P. The van der Waals surface area contributed by atoms with E-state index in [1.165, 1.54) is 0 Å². The van der Waals surface area contributed by atoms with Crippen molar-refractivity contribution in [2.75, 3.05) is 0 Å². The first kappa shape index (κ1) is 63.2. The minimum absolute atomic E-state index is 0. The Kier molecular flexibility index (Phi) is 142. The Morgan fingerprint density at radius 2 is 0.200 bits per heavy atom. The van der Waals surface area contributed by atoms with E-state index in [0.717, 1.165) is 0 Å². The van der Waals surface area contributed by atoms with Gasteiger partial charge in [-0.05, 0) is 0 Å². The van der Waals surface area contributed by atoms with Gasteiger partial charge in [-0.15, -0.1) is 0 Å². The zero-order valence-electron chi connectivity index (χ0n) is 13.1. The fraction of sp³-hybridized carbons (Fsp3) is 0. The molecule has 0 aliphatic rings. The summed E-state index contributed by atoms with van der Waals surface area (Å²) in [4.78, 5) is 0. The molecule has 0 aromatic rings. The Labute approximate surface area is 162 Å². The summed E-state index contributed by atoms with van der Waals surface area (Å²) in [6, 6.07) is 0. The van der Waals surface area contributed by atoms with Gasteiger partial charge in [0.15, 0.2) is 0 Å². The summed E-state index contributed by atoms with van der Waals surface area (Å²) in [5.74, 6) is 0. The van der Waals surface area contributed by atoms with Crippen molar-refractivity contribution in [2.24, 2.45) is 0 Å². The maximum Gasteiger partial charge on any atom is 0.631 e. The van der Waals surface area contributed by atoms with E-state index in [2.05, 4.69) is 0 Å². The maximum atomic E-state index is 7.17. The molecule has 0 amide bonds. The van der Waals surface area contributed by atoms with Gasteiger partial charge in [-0.25, -0.2) is 0 Å². The van der Waals surface area contributed by atoms with Crippen LogP contribution in [0, 0.1) is 0 Å². The highest BCUT2D eigenvalue weighted by molar-refractivity contribution is 6.92. The molecule has 160 valence electrons. The molecule has 15 N–H and O–H groups in total. The van der Waals surface area contributed by atoms with Crippen LogP contribution in [0.1, 0.15) is 0 Å². The molecule has 0 spiro atoms. The van der Waals surface area contributed by atoms with Crippen LogP contribution in [0.5, 0.6) is 0 Å². The molecule has 0 heterocycles. The highest BCUT2D eigenvalue weighted by Gasteiger charge is 1.94. The lowest BCUT2D eigenvalue weighted by molar-refractivity contribution is 0.276. The topological polar surface area (TPSA) is 303 Å². The average molecular weight is 479 g/mol. The van der Waals surface area contributed by atoms with Crippen LogP contribution in [0.15, 0.2) is 0 Å². The van der Waals surface area contributed by atoms with Gasteiger partial charge < -0.3 is 75.4 Å². The standard InChI is InChI=1S/5BH3O3.5H3P/c5*2-1(3)4;;;;;/h5*2-4H;5*1H3. The van der Waals surface area contributed by atoms with Crippen LogP contribution in [-0.2, 0) is 0 Å². The molecular weight excluding hydrogens is 449 g/mol. The summed E-state index contributed by atoms with van der Waals surface area (Å²) >= 11 is 0. The summed E-state index contributed by atoms with van der Waals surface area (Å²) in [6.45, 7) is 0. The molecule has 0 radical (unpaired) electrons. The van der Waals surface area contributed by atoms with Gasteiger partial charge in [-0.3, -0.25) is 0 Å². The molecule has 15 nitrogen and oxygen atoms in total. The number of hydrogen-bond acceptors (Lipinski definition) is 15. The highest BCUT2D eigenvalue weighted by atomic mass is 31.0. The minimum atomic E-state index is -2.17. The molecular formula is H30B5O15P5.